The van der Waals surface area contributed by atoms with Crippen LogP contribution in [0.5, 0.6) is 0 Å². The molecule has 0 atom stereocenters. The van der Waals surface area contributed by atoms with E-state index in [4.69, 9.17) is 5.73 Å². The topological polar surface area (TPSA) is 88.5 Å². The van der Waals surface area contributed by atoms with E-state index in [1.165, 1.54) is 0 Å². The second-order valence-corrected chi connectivity index (χ2v) is 5.54. The summed E-state index contributed by atoms with van der Waals surface area (Å²) < 4.78 is 0. The van der Waals surface area contributed by atoms with Crippen molar-refractivity contribution in [2.24, 2.45) is 0 Å². The SMILES string of the molecule is CCc1ncc(-c2cc(-c3cccc(C)c3)nc(N)c2C#N)cn1. The molecule has 0 unspecified atom stereocenters. The molecule has 0 saturated carbocycles. The van der Waals surface area contributed by atoms with Crippen LogP contribution in [0, 0.1) is 18.3 Å². The Hall–Kier alpha value is -3.26. The smallest absolute Gasteiger partial charge is 0.142 e. The molecule has 0 radical (unpaired) electrons. The monoisotopic (exact) mass is 315 g/mol. The van der Waals surface area contributed by atoms with E-state index in [-0.39, 0.29) is 5.82 Å². The van der Waals surface area contributed by atoms with Crippen LogP contribution in [0.3, 0.4) is 0 Å². The van der Waals surface area contributed by atoms with Gasteiger partial charge in [0, 0.05) is 35.5 Å². The fourth-order valence-electron chi connectivity index (χ4n) is 2.54. The van der Waals surface area contributed by atoms with Gasteiger partial charge in [-0.2, -0.15) is 5.26 Å². The van der Waals surface area contributed by atoms with Gasteiger partial charge in [-0.15, -0.1) is 0 Å². The van der Waals surface area contributed by atoms with Crippen LogP contribution in [0.25, 0.3) is 22.4 Å². The molecule has 5 heteroatoms. The maximum absolute atomic E-state index is 9.46. The Morgan fingerprint density at radius 1 is 1.12 bits per heavy atom. The zero-order valence-electron chi connectivity index (χ0n) is 13.6. The Bertz CT molecular complexity index is 923. The molecule has 3 rings (SSSR count). The predicted octanol–water partition coefficient (Wildman–Crippen LogP) is 3.53. The molecule has 0 bridgehead atoms. The Balaban J connectivity index is 2.18. The first kappa shape index (κ1) is 15.6. The van der Waals surface area contributed by atoms with Crippen molar-refractivity contribution in [3.05, 3.63) is 59.7 Å². The van der Waals surface area contributed by atoms with E-state index in [0.29, 0.717) is 11.1 Å². The molecule has 0 amide bonds. The molecule has 3 aromatic rings. The summed E-state index contributed by atoms with van der Waals surface area (Å²) in [6, 6.07) is 12.0. The fourth-order valence-corrected chi connectivity index (χ4v) is 2.54. The van der Waals surface area contributed by atoms with Gasteiger partial charge in [-0.3, -0.25) is 0 Å². The minimum atomic E-state index is 0.214. The summed E-state index contributed by atoms with van der Waals surface area (Å²) in [5.74, 6) is 0.976. The lowest BCUT2D eigenvalue weighted by Crippen LogP contribution is -2.01. The van der Waals surface area contributed by atoms with Crippen molar-refractivity contribution in [2.45, 2.75) is 20.3 Å². The summed E-state index contributed by atoms with van der Waals surface area (Å²) >= 11 is 0. The highest BCUT2D eigenvalue weighted by Crippen LogP contribution is 2.30. The number of pyridine rings is 1. The molecule has 2 aromatic heterocycles. The molecule has 0 aliphatic heterocycles. The molecule has 1 aromatic carbocycles. The number of hydrogen-bond acceptors (Lipinski definition) is 5. The summed E-state index contributed by atoms with van der Waals surface area (Å²) in [7, 11) is 0. The molecule has 2 N–H and O–H groups in total. The summed E-state index contributed by atoms with van der Waals surface area (Å²) in [6.07, 6.45) is 4.21. The molecular weight excluding hydrogens is 298 g/mol. The van der Waals surface area contributed by atoms with Crippen molar-refractivity contribution in [1.82, 2.24) is 15.0 Å². The van der Waals surface area contributed by atoms with Gasteiger partial charge >= 0.3 is 0 Å². The van der Waals surface area contributed by atoms with Gasteiger partial charge in [-0.1, -0.05) is 30.7 Å². The lowest BCUT2D eigenvalue weighted by Gasteiger charge is -2.10. The van der Waals surface area contributed by atoms with Crippen molar-refractivity contribution in [1.29, 1.82) is 5.26 Å². The molecular formula is C19H17N5. The molecule has 0 saturated heterocycles. The molecule has 0 aliphatic rings. The van der Waals surface area contributed by atoms with Gasteiger partial charge in [0.25, 0.3) is 0 Å². The second-order valence-electron chi connectivity index (χ2n) is 5.54. The quantitative estimate of drug-likeness (QED) is 0.798. The maximum atomic E-state index is 9.46. The van der Waals surface area contributed by atoms with Crippen molar-refractivity contribution < 1.29 is 0 Å². The number of rotatable bonds is 3. The average Bonchev–Trinajstić information content (AvgIpc) is 2.61. The molecule has 118 valence electrons. The molecule has 0 aliphatic carbocycles. The minimum Gasteiger partial charge on any atom is -0.383 e. The van der Waals surface area contributed by atoms with Gasteiger partial charge < -0.3 is 5.73 Å². The highest BCUT2D eigenvalue weighted by atomic mass is 14.9. The van der Waals surface area contributed by atoms with Gasteiger partial charge in [0.1, 0.15) is 23.3 Å². The summed E-state index contributed by atoms with van der Waals surface area (Å²) in [5.41, 5.74) is 10.6. The zero-order chi connectivity index (χ0) is 17.1. The molecule has 0 fully saturated rings. The highest BCUT2D eigenvalue weighted by Gasteiger charge is 2.14. The number of nitrogens with two attached hydrogens (primary N) is 1. The molecule has 0 spiro atoms. The minimum absolute atomic E-state index is 0.214. The molecule has 24 heavy (non-hydrogen) atoms. The van der Waals surface area contributed by atoms with E-state index >= 15 is 0 Å². The zero-order valence-corrected chi connectivity index (χ0v) is 13.6. The molecule has 2 heterocycles. The molecule has 5 nitrogen and oxygen atoms in total. The highest BCUT2D eigenvalue weighted by molar-refractivity contribution is 5.79. The van der Waals surface area contributed by atoms with Crippen LogP contribution in [0.2, 0.25) is 0 Å². The van der Waals surface area contributed by atoms with E-state index in [2.05, 4.69) is 21.0 Å². The lowest BCUT2D eigenvalue weighted by molar-refractivity contribution is 0.941. The van der Waals surface area contributed by atoms with Gasteiger partial charge in [0.2, 0.25) is 0 Å². The van der Waals surface area contributed by atoms with Crippen molar-refractivity contribution >= 4 is 5.82 Å². The van der Waals surface area contributed by atoms with Crippen LogP contribution in [-0.4, -0.2) is 15.0 Å². The first-order valence-electron chi connectivity index (χ1n) is 7.71. The van der Waals surface area contributed by atoms with E-state index in [9.17, 15) is 5.26 Å². The third kappa shape index (κ3) is 2.95. The number of nitrogen functional groups attached to an aromatic ring is 1. The van der Waals surface area contributed by atoms with Crippen LogP contribution in [0.4, 0.5) is 5.82 Å². The van der Waals surface area contributed by atoms with Crippen LogP contribution in [0.1, 0.15) is 23.9 Å². The average molecular weight is 315 g/mol. The summed E-state index contributed by atoms with van der Waals surface area (Å²) in [4.78, 5) is 13.0. The number of aromatic nitrogens is 3. The first-order chi connectivity index (χ1) is 11.6. The Labute approximate surface area is 140 Å². The van der Waals surface area contributed by atoms with Crippen molar-refractivity contribution in [2.75, 3.05) is 5.73 Å². The Morgan fingerprint density at radius 2 is 1.88 bits per heavy atom. The predicted molar refractivity (Wildman–Crippen MR) is 93.9 cm³/mol. The van der Waals surface area contributed by atoms with Gasteiger partial charge in [-0.25, -0.2) is 15.0 Å². The Morgan fingerprint density at radius 3 is 2.50 bits per heavy atom. The van der Waals surface area contributed by atoms with Crippen LogP contribution >= 0.6 is 0 Å². The van der Waals surface area contributed by atoms with Gasteiger partial charge in [0.15, 0.2) is 0 Å². The number of hydrogen-bond donors (Lipinski definition) is 1. The number of benzene rings is 1. The van der Waals surface area contributed by atoms with E-state index in [0.717, 1.165) is 34.6 Å². The van der Waals surface area contributed by atoms with Crippen LogP contribution in [-0.2, 0) is 6.42 Å². The number of anilines is 1. The maximum Gasteiger partial charge on any atom is 0.142 e. The van der Waals surface area contributed by atoms with Gasteiger partial charge in [-0.05, 0) is 19.1 Å². The summed E-state index contributed by atoms with van der Waals surface area (Å²) in [6.45, 7) is 4.02. The number of nitriles is 1. The normalized spacial score (nSPS) is 10.4. The Kier molecular flexibility index (Phi) is 4.21. The van der Waals surface area contributed by atoms with E-state index in [1.807, 2.05) is 44.2 Å². The third-order valence-electron chi connectivity index (χ3n) is 3.81. The van der Waals surface area contributed by atoms with Crippen LogP contribution < -0.4 is 5.73 Å². The summed E-state index contributed by atoms with van der Waals surface area (Å²) in [5, 5.41) is 9.46. The van der Waals surface area contributed by atoms with Crippen molar-refractivity contribution in [3.63, 3.8) is 0 Å². The standard InChI is InChI=1S/C19H17N5/c1-3-18-22-10-14(11-23-18)15-8-17(24-19(21)16(15)9-20)13-6-4-5-12(2)7-13/h4-8,10-11H,3H2,1-2H3,(H2,21,24). The van der Waals surface area contributed by atoms with E-state index in [1.54, 1.807) is 12.4 Å². The van der Waals surface area contributed by atoms with Gasteiger partial charge in [0.05, 0.1) is 5.69 Å². The van der Waals surface area contributed by atoms with Crippen LogP contribution in [0.15, 0.2) is 42.7 Å². The lowest BCUT2D eigenvalue weighted by atomic mass is 10.00. The third-order valence-corrected chi connectivity index (χ3v) is 3.81. The first-order valence-corrected chi connectivity index (χ1v) is 7.71. The largest absolute Gasteiger partial charge is 0.383 e. The number of nitrogens with zero attached hydrogens (tertiary/aromatic N) is 4. The fraction of sp³-hybridized carbons (Fsp3) is 0.158. The number of aryl methyl sites for hydroxylation is 2. The van der Waals surface area contributed by atoms with Crippen molar-refractivity contribution in [3.8, 4) is 28.5 Å². The van der Waals surface area contributed by atoms with E-state index < -0.39 is 0 Å². The second kappa shape index (κ2) is 6.47.